The van der Waals surface area contributed by atoms with E-state index in [4.69, 9.17) is 34.7 Å². The van der Waals surface area contributed by atoms with E-state index in [1.54, 1.807) is 24.4 Å². The molecule has 1 aromatic carbocycles. The highest BCUT2D eigenvalue weighted by Gasteiger charge is 2.00. The van der Waals surface area contributed by atoms with Crippen LogP contribution in [0.4, 0.5) is 0 Å². The Morgan fingerprint density at radius 3 is 2.64 bits per heavy atom. The van der Waals surface area contributed by atoms with Gasteiger partial charge < -0.3 is 11.5 Å². The molecule has 1 aromatic rings. The van der Waals surface area contributed by atoms with Crippen molar-refractivity contribution in [2.24, 2.45) is 16.6 Å². The van der Waals surface area contributed by atoms with Crippen LogP contribution < -0.4 is 16.6 Å². The smallest absolute Gasteiger partial charge is 0.256 e. The van der Waals surface area contributed by atoms with Gasteiger partial charge in [-0.2, -0.15) is 0 Å². The van der Waals surface area contributed by atoms with Crippen LogP contribution >= 0.6 is 23.2 Å². The summed E-state index contributed by atoms with van der Waals surface area (Å²) in [5.41, 5.74) is 11.0. The third-order valence-corrected chi connectivity index (χ3v) is 1.94. The first-order chi connectivity index (χ1) is 6.59. The van der Waals surface area contributed by atoms with Gasteiger partial charge in [-0.25, -0.2) is 0 Å². The van der Waals surface area contributed by atoms with Crippen LogP contribution in [0.1, 0.15) is 5.56 Å². The molecule has 0 bridgehead atoms. The van der Waals surface area contributed by atoms with Gasteiger partial charge in [0, 0.05) is 10.1 Å². The summed E-state index contributed by atoms with van der Waals surface area (Å²) in [6.07, 6.45) is 1.57. The largest absolute Gasteiger partial charge is 0.365 e. The number of nitrogens with zero attached hydrogens (tertiary/aromatic N) is 1. The summed E-state index contributed by atoms with van der Waals surface area (Å²) in [5, 5.41) is 7.21. The monoisotopic (exact) mass is 231 g/mol. The SMILES string of the molecule is NC(N)=N/[NH+]=C\c1ccc(Cl)cc1Cl. The molecule has 14 heavy (non-hydrogen) atoms. The molecule has 0 saturated carbocycles. The van der Waals surface area contributed by atoms with Gasteiger partial charge in [-0.05, 0) is 18.2 Å². The quantitative estimate of drug-likeness (QED) is 0.371. The van der Waals surface area contributed by atoms with Crippen LogP contribution in [0.15, 0.2) is 23.3 Å². The highest BCUT2D eigenvalue weighted by atomic mass is 35.5. The molecule has 0 fully saturated rings. The van der Waals surface area contributed by atoms with Gasteiger partial charge in [-0.15, -0.1) is 5.10 Å². The molecule has 74 valence electrons. The first-order valence-corrected chi connectivity index (χ1v) is 4.47. The lowest BCUT2D eigenvalue weighted by Crippen LogP contribution is -2.63. The van der Waals surface area contributed by atoms with Gasteiger partial charge in [0.15, 0.2) is 0 Å². The van der Waals surface area contributed by atoms with Gasteiger partial charge in [-0.3, -0.25) is 0 Å². The Kier molecular flexibility index (Phi) is 3.73. The molecule has 0 aliphatic carbocycles. The minimum atomic E-state index is -0.0497. The Hall–Kier alpha value is -1.26. The van der Waals surface area contributed by atoms with E-state index in [0.717, 1.165) is 5.56 Å². The maximum absolute atomic E-state index is 5.88. The second-order valence-electron chi connectivity index (χ2n) is 2.48. The first-order valence-electron chi connectivity index (χ1n) is 3.72. The highest BCUT2D eigenvalue weighted by Crippen LogP contribution is 2.18. The van der Waals surface area contributed by atoms with Gasteiger partial charge in [0.25, 0.3) is 5.96 Å². The fourth-order valence-corrected chi connectivity index (χ4v) is 1.26. The predicted octanol–water partition coefficient (Wildman–Crippen LogP) is -0.319. The molecule has 0 spiro atoms. The Labute approximate surface area is 91.2 Å². The summed E-state index contributed by atoms with van der Waals surface area (Å²) in [6, 6.07) is 5.10. The Morgan fingerprint density at radius 1 is 1.36 bits per heavy atom. The summed E-state index contributed by atoms with van der Waals surface area (Å²) in [4.78, 5) is 0. The van der Waals surface area contributed by atoms with Gasteiger partial charge in [0.1, 0.15) is 0 Å². The summed E-state index contributed by atoms with van der Waals surface area (Å²) < 4.78 is 0. The lowest BCUT2D eigenvalue weighted by molar-refractivity contribution is -0.456. The normalized spacial score (nSPS) is 10.4. The average Bonchev–Trinajstić information content (AvgIpc) is 2.08. The van der Waals surface area contributed by atoms with E-state index in [2.05, 4.69) is 10.2 Å². The van der Waals surface area contributed by atoms with Crippen molar-refractivity contribution in [2.75, 3.05) is 0 Å². The molecule has 0 unspecified atom stereocenters. The van der Waals surface area contributed by atoms with E-state index in [1.807, 2.05) is 0 Å². The molecule has 0 aliphatic rings. The minimum Gasteiger partial charge on any atom is -0.365 e. The Morgan fingerprint density at radius 2 is 2.07 bits per heavy atom. The zero-order chi connectivity index (χ0) is 10.6. The molecular formula is C8H9Cl2N4+. The van der Waals surface area contributed by atoms with Crippen LogP contribution in [0, 0.1) is 0 Å². The zero-order valence-corrected chi connectivity index (χ0v) is 8.68. The third-order valence-electron chi connectivity index (χ3n) is 1.38. The molecule has 5 N–H and O–H groups in total. The molecule has 0 aromatic heterocycles. The number of nitrogens with two attached hydrogens (primary N) is 2. The second-order valence-corrected chi connectivity index (χ2v) is 3.32. The van der Waals surface area contributed by atoms with E-state index >= 15 is 0 Å². The Bertz CT molecular complexity index is 383. The number of rotatable bonds is 2. The number of nitrogens with one attached hydrogen (secondary N) is 1. The molecule has 0 amide bonds. The third kappa shape index (κ3) is 3.24. The molecule has 0 aliphatic heterocycles. The topological polar surface area (TPSA) is 78.4 Å². The van der Waals surface area contributed by atoms with Crippen molar-refractivity contribution in [3.63, 3.8) is 0 Å². The van der Waals surface area contributed by atoms with E-state index < -0.39 is 0 Å². The number of hydrogen-bond donors (Lipinski definition) is 3. The van der Waals surface area contributed by atoms with Crippen LogP contribution in [0.25, 0.3) is 0 Å². The summed E-state index contributed by atoms with van der Waals surface area (Å²) in [7, 11) is 0. The van der Waals surface area contributed by atoms with Gasteiger partial charge in [0.2, 0.25) is 6.21 Å². The number of guanidine groups is 1. The number of halogens is 2. The summed E-state index contributed by atoms with van der Waals surface area (Å²) in [6.45, 7) is 0. The van der Waals surface area contributed by atoms with E-state index in [0.29, 0.717) is 10.0 Å². The molecule has 0 saturated heterocycles. The van der Waals surface area contributed by atoms with Crippen molar-refractivity contribution in [2.45, 2.75) is 0 Å². The van der Waals surface area contributed by atoms with Gasteiger partial charge in [0.05, 0.1) is 10.6 Å². The summed E-state index contributed by atoms with van der Waals surface area (Å²) in [5.74, 6) is -0.0497. The summed E-state index contributed by atoms with van der Waals surface area (Å²) >= 11 is 11.6. The van der Waals surface area contributed by atoms with Crippen LogP contribution in [0.2, 0.25) is 10.0 Å². The number of hydrogen-bond acceptors (Lipinski definition) is 1. The van der Waals surface area contributed by atoms with Gasteiger partial charge in [-0.1, -0.05) is 23.2 Å². The van der Waals surface area contributed by atoms with Crippen molar-refractivity contribution in [3.05, 3.63) is 33.8 Å². The molecule has 1 rings (SSSR count). The van der Waals surface area contributed by atoms with Crippen molar-refractivity contribution in [3.8, 4) is 0 Å². The maximum Gasteiger partial charge on any atom is 0.256 e. The molecule has 6 heteroatoms. The second kappa shape index (κ2) is 4.83. The van der Waals surface area contributed by atoms with Crippen molar-refractivity contribution >= 4 is 35.4 Å². The van der Waals surface area contributed by atoms with E-state index in [1.165, 1.54) is 0 Å². The van der Waals surface area contributed by atoms with E-state index in [9.17, 15) is 0 Å². The highest BCUT2D eigenvalue weighted by molar-refractivity contribution is 6.36. The number of benzene rings is 1. The van der Waals surface area contributed by atoms with Crippen LogP contribution in [0.3, 0.4) is 0 Å². The fraction of sp³-hybridized carbons (Fsp3) is 0. The molecule has 0 heterocycles. The van der Waals surface area contributed by atoms with Crippen LogP contribution in [0.5, 0.6) is 0 Å². The molecule has 0 radical (unpaired) electrons. The van der Waals surface area contributed by atoms with Crippen LogP contribution in [-0.4, -0.2) is 12.2 Å². The van der Waals surface area contributed by atoms with Crippen molar-refractivity contribution in [1.82, 2.24) is 0 Å². The molecule has 4 nitrogen and oxygen atoms in total. The fourth-order valence-electron chi connectivity index (χ4n) is 0.795. The van der Waals surface area contributed by atoms with Crippen LogP contribution in [-0.2, 0) is 0 Å². The van der Waals surface area contributed by atoms with E-state index in [-0.39, 0.29) is 5.96 Å². The maximum atomic E-state index is 5.88. The Balaban J connectivity index is 2.87. The average molecular weight is 232 g/mol. The van der Waals surface area contributed by atoms with Crippen molar-refractivity contribution < 1.29 is 5.10 Å². The minimum absolute atomic E-state index is 0.0497. The van der Waals surface area contributed by atoms with Gasteiger partial charge >= 0.3 is 0 Å². The predicted molar refractivity (Wildman–Crippen MR) is 58.4 cm³/mol. The standard InChI is InChI=1S/C8H8Cl2N4/c9-6-2-1-5(7(10)3-6)4-13-14-8(11)12/h1-4H,(H4,11,12,14)/p+1/b13-4-. The number of hydrazone groups is 1. The zero-order valence-electron chi connectivity index (χ0n) is 7.17. The molecule has 0 atom stereocenters. The first kappa shape index (κ1) is 10.8. The lowest BCUT2D eigenvalue weighted by Gasteiger charge is -1.93. The lowest BCUT2D eigenvalue weighted by atomic mass is 10.2. The molecular weight excluding hydrogens is 223 g/mol. The van der Waals surface area contributed by atoms with Crippen molar-refractivity contribution in [1.29, 1.82) is 0 Å².